The van der Waals surface area contributed by atoms with Gasteiger partial charge in [-0.2, -0.15) is 0 Å². The third kappa shape index (κ3) is 3.40. The third-order valence-corrected chi connectivity index (χ3v) is 3.13. The van der Waals surface area contributed by atoms with Crippen LogP contribution in [0, 0.1) is 5.92 Å². The Balaban J connectivity index is 1.66. The van der Waals surface area contributed by atoms with Crippen molar-refractivity contribution >= 4 is 11.9 Å². The number of nitrogens with two attached hydrogens (primary N) is 1. The van der Waals surface area contributed by atoms with E-state index in [1.807, 2.05) is 11.9 Å². The number of guanidine groups is 1. The number of carbonyl (C=O) groups excluding carboxylic acids is 1. The van der Waals surface area contributed by atoms with Crippen molar-refractivity contribution < 1.29 is 4.79 Å². The van der Waals surface area contributed by atoms with Crippen LogP contribution < -0.4 is 11.1 Å². The summed E-state index contributed by atoms with van der Waals surface area (Å²) in [5, 5.41) is 2.86. The fourth-order valence-corrected chi connectivity index (χ4v) is 1.55. The second-order valence-electron chi connectivity index (χ2n) is 4.76. The molecule has 3 N–H and O–H groups in total. The number of nitrogens with zero attached hydrogens (tertiary/aromatic N) is 2. The molecule has 0 unspecified atom stereocenters. The van der Waals surface area contributed by atoms with E-state index in [2.05, 4.69) is 10.3 Å². The molecule has 2 aliphatic rings. The normalized spacial score (nSPS) is 20.7. The zero-order valence-electron chi connectivity index (χ0n) is 9.78. The monoisotopic (exact) mass is 224 g/mol. The Morgan fingerprint density at radius 3 is 2.69 bits per heavy atom. The summed E-state index contributed by atoms with van der Waals surface area (Å²) >= 11 is 0. The lowest BCUT2D eigenvalue weighted by Crippen LogP contribution is -2.37. The van der Waals surface area contributed by atoms with Gasteiger partial charge >= 0.3 is 0 Å². The maximum Gasteiger partial charge on any atom is 0.241 e. The van der Waals surface area contributed by atoms with Gasteiger partial charge in [0, 0.05) is 19.6 Å². The van der Waals surface area contributed by atoms with Crippen LogP contribution in [0.1, 0.15) is 25.7 Å². The SMILES string of the molecule is CN(C(N)=NCC(=O)NCC1CC1)C1CC1. The number of aliphatic imine (C=N–C) groups is 1. The highest BCUT2D eigenvalue weighted by atomic mass is 16.1. The highest BCUT2D eigenvalue weighted by molar-refractivity contribution is 5.84. The minimum Gasteiger partial charge on any atom is -0.370 e. The quantitative estimate of drug-likeness (QED) is 0.507. The lowest BCUT2D eigenvalue weighted by Gasteiger charge is -2.16. The molecular formula is C11H20N4O. The summed E-state index contributed by atoms with van der Waals surface area (Å²) in [6.07, 6.45) is 4.85. The van der Waals surface area contributed by atoms with Crippen LogP contribution in [0.15, 0.2) is 4.99 Å². The number of carbonyl (C=O) groups is 1. The van der Waals surface area contributed by atoms with E-state index in [1.165, 1.54) is 25.7 Å². The van der Waals surface area contributed by atoms with Crippen molar-refractivity contribution in [2.45, 2.75) is 31.7 Å². The van der Waals surface area contributed by atoms with E-state index in [0.29, 0.717) is 17.9 Å². The lowest BCUT2D eigenvalue weighted by molar-refractivity contribution is -0.119. The van der Waals surface area contributed by atoms with Gasteiger partial charge in [0.15, 0.2) is 5.96 Å². The van der Waals surface area contributed by atoms with Crippen molar-refractivity contribution in [1.29, 1.82) is 0 Å². The number of hydrogen-bond acceptors (Lipinski definition) is 2. The molecule has 0 aromatic rings. The Kier molecular flexibility index (Phi) is 3.31. The predicted molar refractivity (Wildman–Crippen MR) is 63.0 cm³/mol. The van der Waals surface area contributed by atoms with Crippen LogP contribution in [0.2, 0.25) is 0 Å². The number of hydrogen-bond donors (Lipinski definition) is 2. The summed E-state index contributed by atoms with van der Waals surface area (Å²) in [7, 11) is 1.93. The standard InChI is InChI=1S/C11H20N4O/c1-15(9-4-5-9)11(12)14-7-10(16)13-6-8-2-3-8/h8-9H,2-7H2,1H3,(H2,12,14)(H,13,16). The molecule has 2 fully saturated rings. The minimum absolute atomic E-state index is 0.0287. The summed E-state index contributed by atoms with van der Waals surface area (Å²) in [5.41, 5.74) is 5.77. The molecule has 5 heteroatoms. The van der Waals surface area contributed by atoms with Crippen LogP contribution in [0.25, 0.3) is 0 Å². The second kappa shape index (κ2) is 4.72. The molecule has 2 saturated carbocycles. The highest BCUT2D eigenvalue weighted by Crippen LogP contribution is 2.27. The van der Waals surface area contributed by atoms with Gasteiger partial charge in [-0.25, -0.2) is 4.99 Å². The molecule has 0 aromatic carbocycles. The Bertz CT molecular complexity index is 294. The Morgan fingerprint density at radius 1 is 1.44 bits per heavy atom. The topological polar surface area (TPSA) is 70.7 Å². The largest absolute Gasteiger partial charge is 0.370 e. The van der Waals surface area contributed by atoms with E-state index in [4.69, 9.17) is 5.73 Å². The Labute approximate surface area is 96.1 Å². The van der Waals surface area contributed by atoms with Crippen molar-refractivity contribution in [3.8, 4) is 0 Å². The van der Waals surface area contributed by atoms with Crippen LogP contribution in [0.5, 0.6) is 0 Å². The summed E-state index contributed by atoms with van der Waals surface area (Å²) in [6, 6.07) is 0.540. The maximum absolute atomic E-state index is 11.4. The van der Waals surface area contributed by atoms with Crippen molar-refractivity contribution in [3.63, 3.8) is 0 Å². The first kappa shape index (κ1) is 11.2. The molecular weight excluding hydrogens is 204 g/mol. The number of rotatable bonds is 5. The zero-order chi connectivity index (χ0) is 11.5. The first-order valence-corrected chi connectivity index (χ1v) is 5.96. The van der Waals surface area contributed by atoms with Crippen LogP contribution in [-0.2, 0) is 4.79 Å². The second-order valence-corrected chi connectivity index (χ2v) is 4.76. The summed E-state index contributed by atoms with van der Waals surface area (Å²) in [5.74, 6) is 1.16. The van der Waals surface area contributed by atoms with Gasteiger partial charge in [-0.15, -0.1) is 0 Å². The van der Waals surface area contributed by atoms with Gasteiger partial charge in [-0.1, -0.05) is 0 Å². The van der Waals surface area contributed by atoms with Gasteiger partial charge in [-0.3, -0.25) is 4.79 Å². The molecule has 90 valence electrons. The van der Waals surface area contributed by atoms with Gasteiger partial charge in [0.05, 0.1) is 0 Å². The predicted octanol–water partition coefficient (Wildman–Crippen LogP) is -0.0785. The van der Waals surface area contributed by atoms with E-state index in [9.17, 15) is 4.79 Å². The molecule has 16 heavy (non-hydrogen) atoms. The lowest BCUT2D eigenvalue weighted by atomic mass is 10.4. The van der Waals surface area contributed by atoms with E-state index < -0.39 is 0 Å². The van der Waals surface area contributed by atoms with Crippen LogP contribution in [0.3, 0.4) is 0 Å². The van der Waals surface area contributed by atoms with Crippen molar-refractivity contribution in [3.05, 3.63) is 0 Å². The molecule has 0 heterocycles. The van der Waals surface area contributed by atoms with Gasteiger partial charge in [0.25, 0.3) is 0 Å². The van der Waals surface area contributed by atoms with Crippen molar-refractivity contribution in [2.24, 2.45) is 16.6 Å². The molecule has 0 aliphatic heterocycles. The molecule has 0 atom stereocenters. The molecule has 0 saturated heterocycles. The maximum atomic E-state index is 11.4. The molecule has 2 rings (SSSR count). The number of nitrogens with one attached hydrogen (secondary N) is 1. The van der Waals surface area contributed by atoms with Crippen LogP contribution in [0.4, 0.5) is 0 Å². The molecule has 0 radical (unpaired) electrons. The minimum atomic E-state index is -0.0287. The first-order chi connectivity index (χ1) is 7.66. The van der Waals surface area contributed by atoms with Crippen molar-refractivity contribution in [1.82, 2.24) is 10.2 Å². The van der Waals surface area contributed by atoms with Gasteiger partial charge < -0.3 is 16.0 Å². The average Bonchev–Trinajstić information content (AvgIpc) is 3.15. The molecule has 5 nitrogen and oxygen atoms in total. The summed E-state index contributed by atoms with van der Waals surface area (Å²) in [6.45, 7) is 0.947. The number of amides is 1. The van der Waals surface area contributed by atoms with E-state index in [1.54, 1.807) is 0 Å². The first-order valence-electron chi connectivity index (χ1n) is 5.96. The molecule has 0 spiro atoms. The van der Waals surface area contributed by atoms with E-state index >= 15 is 0 Å². The Hall–Kier alpha value is -1.26. The average molecular weight is 224 g/mol. The van der Waals surface area contributed by atoms with E-state index in [-0.39, 0.29) is 12.5 Å². The Morgan fingerprint density at radius 2 is 2.12 bits per heavy atom. The van der Waals surface area contributed by atoms with Gasteiger partial charge in [-0.05, 0) is 31.6 Å². The molecule has 0 aromatic heterocycles. The van der Waals surface area contributed by atoms with Crippen molar-refractivity contribution in [2.75, 3.05) is 20.1 Å². The fourth-order valence-electron chi connectivity index (χ4n) is 1.55. The molecule has 2 aliphatic carbocycles. The van der Waals surface area contributed by atoms with Gasteiger partial charge in [0.1, 0.15) is 6.54 Å². The summed E-state index contributed by atoms with van der Waals surface area (Å²) in [4.78, 5) is 17.4. The van der Waals surface area contributed by atoms with Gasteiger partial charge in [0.2, 0.25) is 5.91 Å². The molecule has 1 amide bonds. The third-order valence-electron chi connectivity index (χ3n) is 3.13. The zero-order valence-corrected chi connectivity index (χ0v) is 9.78. The fraction of sp³-hybridized carbons (Fsp3) is 0.818. The highest BCUT2D eigenvalue weighted by Gasteiger charge is 2.27. The van der Waals surface area contributed by atoms with E-state index in [0.717, 1.165) is 6.54 Å². The summed E-state index contributed by atoms with van der Waals surface area (Å²) < 4.78 is 0. The smallest absolute Gasteiger partial charge is 0.241 e. The van der Waals surface area contributed by atoms with Crippen LogP contribution >= 0.6 is 0 Å². The van der Waals surface area contributed by atoms with Crippen LogP contribution in [-0.4, -0.2) is 42.9 Å². The molecule has 0 bridgehead atoms.